The SMILES string of the molecule is CC(N)Cc1cn(Cc2nccs2)c2ccccc12. The third-order valence-corrected chi connectivity index (χ3v) is 3.97. The number of thiazole rings is 1. The van der Waals surface area contributed by atoms with E-state index in [-0.39, 0.29) is 6.04 Å². The number of para-hydroxylation sites is 1. The van der Waals surface area contributed by atoms with Gasteiger partial charge in [0.2, 0.25) is 0 Å². The maximum Gasteiger partial charge on any atom is 0.112 e. The Morgan fingerprint density at radius 2 is 2.21 bits per heavy atom. The fourth-order valence-electron chi connectivity index (χ4n) is 2.44. The van der Waals surface area contributed by atoms with Crippen LogP contribution >= 0.6 is 11.3 Å². The molecule has 2 aromatic heterocycles. The molecule has 0 saturated heterocycles. The van der Waals surface area contributed by atoms with Gasteiger partial charge in [-0.15, -0.1) is 11.3 Å². The number of nitrogens with zero attached hydrogens (tertiary/aromatic N) is 2. The first kappa shape index (κ1) is 12.4. The fraction of sp³-hybridized carbons (Fsp3) is 0.267. The van der Waals surface area contributed by atoms with E-state index in [0.29, 0.717) is 0 Å². The zero-order valence-electron chi connectivity index (χ0n) is 10.9. The first-order chi connectivity index (χ1) is 9.24. The standard InChI is InChI=1S/C15H17N3S/c1-11(16)8-12-9-18(10-15-17-6-7-19-15)14-5-3-2-4-13(12)14/h2-7,9,11H,8,10,16H2,1H3. The Balaban J connectivity index is 2.04. The minimum atomic E-state index is 0.180. The Bertz CT molecular complexity index is 668. The van der Waals surface area contributed by atoms with Crippen LogP contribution in [0.1, 0.15) is 17.5 Å². The number of rotatable bonds is 4. The first-order valence-electron chi connectivity index (χ1n) is 6.45. The Morgan fingerprint density at radius 1 is 1.37 bits per heavy atom. The lowest BCUT2D eigenvalue weighted by Crippen LogP contribution is -2.17. The van der Waals surface area contributed by atoms with Crippen molar-refractivity contribution in [3.05, 3.63) is 52.6 Å². The highest BCUT2D eigenvalue weighted by Gasteiger charge is 2.10. The number of hydrogen-bond donors (Lipinski definition) is 1. The summed E-state index contributed by atoms with van der Waals surface area (Å²) in [6.07, 6.45) is 4.98. The number of fused-ring (bicyclic) bond motifs is 1. The molecule has 3 rings (SSSR count). The predicted molar refractivity (Wildman–Crippen MR) is 80.5 cm³/mol. The van der Waals surface area contributed by atoms with E-state index in [4.69, 9.17) is 5.73 Å². The fourth-order valence-corrected chi connectivity index (χ4v) is 3.05. The molecule has 0 radical (unpaired) electrons. The van der Waals surface area contributed by atoms with Crippen LogP contribution < -0.4 is 5.73 Å². The van der Waals surface area contributed by atoms with E-state index in [2.05, 4.69) is 40.0 Å². The smallest absolute Gasteiger partial charge is 0.112 e. The van der Waals surface area contributed by atoms with E-state index in [1.54, 1.807) is 11.3 Å². The Kier molecular flexibility index (Phi) is 3.36. The van der Waals surface area contributed by atoms with Crippen LogP contribution in [0.4, 0.5) is 0 Å². The quantitative estimate of drug-likeness (QED) is 0.792. The lowest BCUT2D eigenvalue weighted by atomic mass is 10.1. The van der Waals surface area contributed by atoms with E-state index in [1.165, 1.54) is 16.5 Å². The van der Waals surface area contributed by atoms with Gasteiger partial charge in [0.05, 0.1) is 6.54 Å². The number of aromatic nitrogens is 2. The molecule has 0 spiro atoms. The van der Waals surface area contributed by atoms with Crippen molar-refractivity contribution < 1.29 is 0 Å². The van der Waals surface area contributed by atoms with E-state index in [9.17, 15) is 0 Å². The number of hydrogen-bond acceptors (Lipinski definition) is 3. The summed E-state index contributed by atoms with van der Waals surface area (Å²) in [4.78, 5) is 4.36. The van der Waals surface area contributed by atoms with Crippen molar-refractivity contribution in [3.8, 4) is 0 Å². The normalized spacial score (nSPS) is 12.9. The van der Waals surface area contributed by atoms with Gasteiger partial charge in [0.1, 0.15) is 5.01 Å². The largest absolute Gasteiger partial charge is 0.340 e. The van der Waals surface area contributed by atoms with Crippen LogP contribution in [0, 0.1) is 0 Å². The molecule has 2 N–H and O–H groups in total. The zero-order valence-corrected chi connectivity index (χ0v) is 11.7. The monoisotopic (exact) mass is 271 g/mol. The summed E-state index contributed by atoms with van der Waals surface area (Å²) in [5.74, 6) is 0. The average molecular weight is 271 g/mol. The van der Waals surface area contributed by atoms with E-state index < -0.39 is 0 Å². The molecule has 0 aliphatic heterocycles. The van der Waals surface area contributed by atoms with Crippen LogP contribution in [-0.2, 0) is 13.0 Å². The Hall–Kier alpha value is -1.65. The first-order valence-corrected chi connectivity index (χ1v) is 7.32. The molecule has 19 heavy (non-hydrogen) atoms. The van der Waals surface area contributed by atoms with Crippen molar-refractivity contribution >= 4 is 22.2 Å². The third kappa shape index (κ3) is 2.55. The van der Waals surface area contributed by atoms with Crippen molar-refractivity contribution in [1.82, 2.24) is 9.55 Å². The third-order valence-electron chi connectivity index (χ3n) is 3.20. The molecule has 1 aromatic carbocycles. The van der Waals surface area contributed by atoms with Crippen molar-refractivity contribution in [2.45, 2.75) is 25.9 Å². The van der Waals surface area contributed by atoms with Gasteiger partial charge >= 0.3 is 0 Å². The van der Waals surface area contributed by atoms with Gasteiger partial charge < -0.3 is 10.3 Å². The number of benzene rings is 1. The van der Waals surface area contributed by atoms with Crippen LogP contribution in [0.5, 0.6) is 0 Å². The van der Waals surface area contributed by atoms with E-state index in [1.807, 2.05) is 18.5 Å². The second-order valence-corrected chi connectivity index (χ2v) is 5.89. The molecule has 0 fully saturated rings. The van der Waals surface area contributed by atoms with Gasteiger partial charge in [0.25, 0.3) is 0 Å². The van der Waals surface area contributed by atoms with E-state index >= 15 is 0 Å². The van der Waals surface area contributed by atoms with Gasteiger partial charge in [0, 0.05) is 34.7 Å². The highest BCUT2D eigenvalue weighted by atomic mass is 32.1. The molecule has 3 nitrogen and oxygen atoms in total. The Labute approximate surface area is 116 Å². The molecule has 1 unspecified atom stereocenters. The van der Waals surface area contributed by atoms with Crippen LogP contribution in [-0.4, -0.2) is 15.6 Å². The summed E-state index contributed by atoms with van der Waals surface area (Å²) in [6.45, 7) is 2.88. The highest BCUT2D eigenvalue weighted by molar-refractivity contribution is 7.09. The van der Waals surface area contributed by atoms with Crippen LogP contribution in [0.15, 0.2) is 42.0 Å². The van der Waals surface area contributed by atoms with Crippen molar-refractivity contribution in [3.63, 3.8) is 0 Å². The lowest BCUT2D eigenvalue weighted by molar-refractivity contribution is 0.734. The summed E-state index contributed by atoms with van der Waals surface area (Å²) in [7, 11) is 0. The van der Waals surface area contributed by atoms with Crippen molar-refractivity contribution in [2.75, 3.05) is 0 Å². The summed E-state index contributed by atoms with van der Waals surface area (Å²) in [5.41, 5.74) is 8.52. The van der Waals surface area contributed by atoms with Gasteiger partial charge in [-0.05, 0) is 25.0 Å². The predicted octanol–water partition coefficient (Wildman–Crippen LogP) is 3.04. The summed E-state index contributed by atoms with van der Waals surface area (Å²) >= 11 is 1.69. The molecule has 0 bridgehead atoms. The van der Waals surface area contributed by atoms with Gasteiger partial charge in [-0.1, -0.05) is 18.2 Å². The molecule has 2 heterocycles. The molecule has 4 heteroatoms. The van der Waals surface area contributed by atoms with Crippen LogP contribution in [0.2, 0.25) is 0 Å². The summed E-state index contributed by atoms with van der Waals surface area (Å²) < 4.78 is 2.27. The zero-order chi connectivity index (χ0) is 13.2. The average Bonchev–Trinajstić information content (AvgIpc) is 2.99. The van der Waals surface area contributed by atoms with Crippen LogP contribution in [0.3, 0.4) is 0 Å². The van der Waals surface area contributed by atoms with Crippen molar-refractivity contribution in [1.29, 1.82) is 0 Å². The molecule has 0 aliphatic rings. The molecule has 0 saturated carbocycles. The summed E-state index contributed by atoms with van der Waals surface area (Å²) in [6, 6.07) is 8.68. The molecule has 0 aliphatic carbocycles. The summed E-state index contributed by atoms with van der Waals surface area (Å²) in [5, 5.41) is 4.45. The van der Waals surface area contributed by atoms with Gasteiger partial charge in [-0.25, -0.2) is 4.98 Å². The lowest BCUT2D eigenvalue weighted by Gasteiger charge is -2.02. The molecular weight excluding hydrogens is 254 g/mol. The van der Waals surface area contributed by atoms with Gasteiger partial charge in [-0.3, -0.25) is 0 Å². The Morgan fingerprint density at radius 3 is 2.95 bits per heavy atom. The number of nitrogens with two attached hydrogens (primary N) is 1. The minimum Gasteiger partial charge on any atom is -0.340 e. The molecule has 3 aromatic rings. The van der Waals surface area contributed by atoms with Gasteiger partial charge in [-0.2, -0.15) is 0 Å². The molecule has 1 atom stereocenters. The highest BCUT2D eigenvalue weighted by Crippen LogP contribution is 2.23. The van der Waals surface area contributed by atoms with E-state index in [0.717, 1.165) is 18.0 Å². The second kappa shape index (κ2) is 5.15. The molecular formula is C15H17N3S. The van der Waals surface area contributed by atoms with Crippen LogP contribution in [0.25, 0.3) is 10.9 Å². The molecule has 98 valence electrons. The molecule has 0 amide bonds. The van der Waals surface area contributed by atoms with Crippen molar-refractivity contribution in [2.24, 2.45) is 5.73 Å². The minimum absolute atomic E-state index is 0.180. The maximum atomic E-state index is 5.94. The van der Waals surface area contributed by atoms with Gasteiger partial charge in [0.15, 0.2) is 0 Å². The maximum absolute atomic E-state index is 5.94. The topological polar surface area (TPSA) is 43.8 Å². The second-order valence-electron chi connectivity index (χ2n) is 4.91.